The van der Waals surface area contributed by atoms with Crippen LogP contribution in [-0.4, -0.2) is 15.0 Å². The zero-order valence-electron chi connectivity index (χ0n) is 9.84. The lowest BCUT2D eigenvalue weighted by molar-refractivity contribution is 0.931. The van der Waals surface area contributed by atoms with E-state index in [4.69, 9.17) is 5.73 Å². The number of nitrogens with zero attached hydrogens (tertiary/aromatic N) is 3. The van der Waals surface area contributed by atoms with E-state index in [1.807, 2.05) is 19.9 Å². The van der Waals surface area contributed by atoms with Crippen molar-refractivity contribution in [3.8, 4) is 0 Å². The maximum atomic E-state index is 5.76. The summed E-state index contributed by atoms with van der Waals surface area (Å²) in [5.41, 5.74) is 8.79. The number of hydrogen-bond donors (Lipinski definition) is 1. The summed E-state index contributed by atoms with van der Waals surface area (Å²) in [5, 5.41) is 0.729. The number of aryl methyl sites for hydroxylation is 2. The van der Waals surface area contributed by atoms with E-state index in [0.29, 0.717) is 6.54 Å². The van der Waals surface area contributed by atoms with Crippen LogP contribution in [0.2, 0.25) is 0 Å². The van der Waals surface area contributed by atoms with E-state index in [0.717, 1.165) is 27.0 Å². The molecular formula is C12H14N4S. The summed E-state index contributed by atoms with van der Waals surface area (Å²) in [7, 11) is 0. The molecule has 0 amide bonds. The fraction of sp³-hybridized carbons (Fsp3) is 0.250. The lowest BCUT2D eigenvalue weighted by Gasteiger charge is -2.10. The van der Waals surface area contributed by atoms with Crippen LogP contribution in [0.1, 0.15) is 17.0 Å². The Morgan fingerprint density at radius 2 is 1.94 bits per heavy atom. The molecule has 17 heavy (non-hydrogen) atoms. The summed E-state index contributed by atoms with van der Waals surface area (Å²) in [5.74, 6) is 0. The van der Waals surface area contributed by atoms with Gasteiger partial charge in [0.25, 0.3) is 0 Å². The average molecular weight is 246 g/mol. The molecule has 88 valence electrons. The first kappa shape index (κ1) is 12.0. The molecule has 0 aliphatic heterocycles. The Morgan fingerprint density at radius 3 is 2.59 bits per heavy atom. The van der Waals surface area contributed by atoms with Gasteiger partial charge in [-0.15, -0.1) is 0 Å². The predicted molar refractivity (Wildman–Crippen MR) is 67.8 cm³/mol. The number of rotatable bonds is 3. The third kappa shape index (κ3) is 2.81. The quantitative estimate of drug-likeness (QED) is 0.840. The van der Waals surface area contributed by atoms with Crippen LogP contribution in [0.5, 0.6) is 0 Å². The Labute approximate surface area is 105 Å². The van der Waals surface area contributed by atoms with Crippen molar-refractivity contribution in [1.29, 1.82) is 0 Å². The summed E-state index contributed by atoms with van der Waals surface area (Å²) < 4.78 is 0. The van der Waals surface area contributed by atoms with Gasteiger partial charge in [0.1, 0.15) is 0 Å². The second-order valence-electron chi connectivity index (χ2n) is 3.66. The topological polar surface area (TPSA) is 64.7 Å². The van der Waals surface area contributed by atoms with Crippen molar-refractivity contribution in [3.63, 3.8) is 0 Å². The molecule has 0 saturated heterocycles. The van der Waals surface area contributed by atoms with Crippen molar-refractivity contribution < 1.29 is 0 Å². The van der Waals surface area contributed by atoms with Crippen molar-refractivity contribution in [2.24, 2.45) is 5.73 Å². The maximum Gasteiger partial charge on any atom is 0.192 e. The van der Waals surface area contributed by atoms with Crippen LogP contribution in [-0.2, 0) is 6.54 Å². The summed E-state index contributed by atoms with van der Waals surface area (Å²) in [6.45, 7) is 4.43. The van der Waals surface area contributed by atoms with E-state index in [1.54, 1.807) is 18.5 Å². The van der Waals surface area contributed by atoms with E-state index in [9.17, 15) is 0 Å². The molecule has 0 radical (unpaired) electrons. The molecule has 0 aromatic carbocycles. The first-order chi connectivity index (χ1) is 8.20. The number of hydrogen-bond acceptors (Lipinski definition) is 5. The minimum Gasteiger partial charge on any atom is -0.326 e. The van der Waals surface area contributed by atoms with E-state index in [-0.39, 0.29) is 0 Å². The molecule has 4 nitrogen and oxygen atoms in total. The summed E-state index contributed by atoms with van der Waals surface area (Å²) in [6, 6.07) is 3.83. The highest BCUT2D eigenvalue weighted by Crippen LogP contribution is 2.29. The molecule has 0 spiro atoms. The standard InChI is InChI=1S/C12H14N4S/c1-8-6-11(10(7-13)9(2)16-8)17-12-14-4-3-5-15-12/h3-6H,7,13H2,1-2H3. The van der Waals surface area contributed by atoms with Crippen LogP contribution < -0.4 is 5.73 Å². The molecule has 0 bridgehead atoms. The molecule has 2 N–H and O–H groups in total. The molecule has 5 heteroatoms. The summed E-state index contributed by atoms with van der Waals surface area (Å²) >= 11 is 1.52. The highest BCUT2D eigenvalue weighted by molar-refractivity contribution is 7.99. The molecule has 0 fully saturated rings. The highest BCUT2D eigenvalue weighted by atomic mass is 32.2. The van der Waals surface area contributed by atoms with E-state index in [1.165, 1.54) is 11.8 Å². The van der Waals surface area contributed by atoms with Crippen molar-refractivity contribution in [2.45, 2.75) is 30.4 Å². The monoisotopic (exact) mass is 246 g/mol. The molecule has 2 aromatic rings. The maximum absolute atomic E-state index is 5.76. The number of aromatic nitrogens is 3. The lowest BCUT2D eigenvalue weighted by Crippen LogP contribution is -2.04. The zero-order valence-corrected chi connectivity index (χ0v) is 10.7. The Kier molecular flexibility index (Phi) is 3.71. The van der Waals surface area contributed by atoms with E-state index in [2.05, 4.69) is 15.0 Å². The molecule has 2 rings (SSSR count). The van der Waals surface area contributed by atoms with Gasteiger partial charge in [-0.25, -0.2) is 9.97 Å². The van der Waals surface area contributed by atoms with Crippen LogP contribution in [0, 0.1) is 13.8 Å². The molecule has 2 heterocycles. The largest absolute Gasteiger partial charge is 0.326 e. The van der Waals surface area contributed by atoms with Crippen molar-refractivity contribution in [1.82, 2.24) is 15.0 Å². The van der Waals surface area contributed by atoms with Gasteiger partial charge >= 0.3 is 0 Å². The zero-order chi connectivity index (χ0) is 12.3. The lowest BCUT2D eigenvalue weighted by atomic mass is 10.2. The molecule has 0 unspecified atom stereocenters. The summed E-state index contributed by atoms with van der Waals surface area (Å²) in [4.78, 5) is 13.9. The van der Waals surface area contributed by atoms with Crippen LogP contribution in [0.3, 0.4) is 0 Å². The van der Waals surface area contributed by atoms with Gasteiger partial charge < -0.3 is 5.73 Å². The average Bonchev–Trinajstić information content (AvgIpc) is 2.30. The van der Waals surface area contributed by atoms with Crippen LogP contribution in [0.4, 0.5) is 0 Å². The molecular weight excluding hydrogens is 232 g/mol. The first-order valence-corrected chi connectivity index (χ1v) is 6.14. The fourth-order valence-corrected chi connectivity index (χ4v) is 2.60. The van der Waals surface area contributed by atoms with Crippen LogP contribution >= 0.6 is 11.8 Å². The summed E-state index contributed by atoms with van der Waals surface area (Å²) in [6.07, 6.45) is 3.47. The van der Waals surface area contributed by atoms with Gasteiger partial charge in [0, 0.05) is 40.8 Å². The van der Waals surface area contributed by atoms with E-state index >= 15 is 0 Å². The third-order valence-electron chi connectivity index (χ3n) is 2.37. The van der Waals surface area contributed by atoms with E-state index < -0.39 is 0 Å². The normalized spacial score (nSPS) is 10.5. The second kappa shape index (κ2) is 5.25. The highest BCUT2D eigenvalue weighted by Gasteiger charge is 2.09. The minimum absolute atomic E-state index is 0.480. The van der Waals surface area contributed by atoms with Gasteiger partial charge in [-0.05, 0) is 37.7 Å². The first-order valence-electron chi connectivity index (χ1n) is 5.32. The van der Waals surface area contributed by atoms with Gasteiger partial charge in [0.2, 0.25) is 0 Å². The molecule has 0 saturated carbocycles. The van der Waals surface area contributed by atoms with Crippen LogP contribution in [0.25, 0.3) is 0 Å². The Morgan fingerprint density at radius 1 is 1.24 bits per heavy atom. The van der Waals surface area contributed by atoms with Gasteiger partial charge in [0.05, 0.1) is 0 Å². The number of nitrogens with two attached hydrogens (primary N) is 1. The smallest absolute Gasteiger partial charge is 0.192 e. The predicted octanol–water partition coefficient (Wildman–Crippen LogP) is 2.10. The minimum atomic E-state index is 0.480. The Hall–Kier alpha value is -1.46. The van der Waals surface area contributed by atoms with Gasteiger partial charge in [-0.3, -0.25) is 4.98 Å². The van der Waals surface area contributed by atoms with Crippen molar-refractivity contribution in [2.75, 3.05) is 0 Å². The van der Waals surface area contributed by atoms with Crippen LogP contribution in [0.15, 0.2) is 34.6 Å². The fourth-order valence-electron chi connectivity index (χ4n) is 1.60. The van der Waals surface area contributed by atoms with Crippen molar-refractivity contribution >= 4 is 11.8 Å². The van der Waals surface area contributed by atoms with Crippen molar-refractivity contribution in [3.05, 3.63) is 41.5 Å². The second-order valence-corrected chi connectivity index (χ2v) is 4.67. The van der Waals surface area contributed by atoms with Gasteiger partial charge in [-0.1, -0.05) is 0 Å². The molecule has 2 aromatic heterocycles. The molecule has 0 atom stereocenters. The van der Waals surface area contributed by atoms with Gasteiger partial charge in [0.15, 0.2) is 5.16 Å². The third-order valence-corrected chi connectivity index (χ3v) is 3.34. The van der Waals surface area contributed by atoms with Gasteiger partial charge in [-0.2, -0.15) is 0 Å². The Bertz CT molecular complexity index is 513. The Balaban J connectivity index is 2.38. The molecule has 0 aliphatic carbocycles. The molecule has 0 aliphatic rings. The number of pyridine rings is 1. The SMILES string of the molecule is Cc1cc(Sc2ncccn2)c(CN)c(C)n1.